The van der Waals surface area contributed by atoms with Gasteiger partial charge in [-0.15, -0.1) is 0 Å². The topological polar surface area (TPSA) is 79.3 Å². The lowest BCUT2D eigenvalue weighted by molar-refractivity contribution is -0.140. The van der Waals surface area contributed by atoms with Crippen molar-refractivity contribution in [3.63, 3.8) is 0 Å². The Bertz CT molecular complexity index is 1270. The van der Waals surface area contributed by atoms with E-state index in [-0.39, 0.29) is 11.3 Å². The number of aliphatic hydroxyl groups excluding tert-OH is 1. The van der Waals surface area contributed by atoms with Crippen LogP contribution in [0, 0.1) is 0 Å². The Balaban J connectivity index is 1.80. The third-order valence-electron chi connectivity index (χ3n) is 5.90. The van der Waals surface area contributed by atoms with Crippen molar-refractivity contribution in [2.75, 3.05) is 33.8 Å². The van der Waals surface area contributed by atoms with E-state index in [2.05, 4.69) is 0 Å². The molecule has 1 aliphatic heterocycles. The second-order valence-electron chi connectivity index (χ2n) is 8.74. The lowest BCUT2D eigenvalue weighted by atomic mass is 9.95. The highest BCUT2D eigenvalue weighted by Gasteiger charge is 2.46. The molecule has 1 saturated heterocycles. The predicted octanol–water partition coefficient (Wildman–Crippen LogP) is 4.86. The van der Waals surface area contributed by atoms with Crippen LogP contribution in [0.25, 0.3) is 5.76 Å². The fourth-order valence-electron chi connectivity index (χ4n) is 4.19. The molecule has 7 nitrogen and oxygen atoms in total. The summed E-state index contributed by atoms with van der Waals surface area (Å²) < 4.78 is 11.6. The Morgan fingerprint density at radius 2 is 1.61 bits per heavy atom. The molecule has 1 heterocycles. The maximum Gasteiger partial charge on any atom is 0.295 e. The van der Waals surface area contributed by atoms with Gasteiger partial charge in [-0.3, -0.25) is 9.59 Å². The monoisotopic (exact) mass is 486 g/mol. The van der Waals surface area contributed by atoms with Gasteiger partial charge in [0.05, 0.1) is 18.2 Å². The minimum atomic E-state index is -0.764. The van der Waals surface area contributed by atoms with Gasteiger partial charge >= 0.3 is 0 Å². The van der Waals surface area contributed by atoms with E-state index in [1.807, 2.05) is 74.4 Å². The van der Waals surface area contributed by atoms with Gasteiger partial charge in [-0.2, -0.15) is 0 Å². The lowest BCUT2D eigenvalue weighted by Crippen LogP contribution is -2.35. The SMILES string of the molecule is CCOc1cccc(C(O)=C2C(=O)C(=O)N(CCN(C)C)C2c2cccc(Oc3ccccc3)c2)c1. The van der Waals surface area contributed by atoms with E-state index in [1.54, 1.807) is 30.3 Å². The molecular weight excluding hydrogens is 456 g/mol. The number of Topliss-reactive ketones (excluding diaryl/α,β-unsaturated/α-hetero) is 1. The number of likely N-dealkylation sites (tertiary alicyclic amines) is 1. The standard InChI is InChI=1S/C29H30N2O5/c1-4-35-23-14-9-11-21(19-23)27(32)25-26(31(17-16-30(2)3)29(34)28(25)33)20-10-8-15-24(18-20)36-22-12-6-5-7-13-22/h5-15,18-19,26,32H,4,16-17H2,1-3H3. The number of carbonyl (C=O) groups is 2. The molecule has 186 valence electrons. The molecule has 0 aromatic heterocycles. The normalized spacial score (nSPS) is 17.0. The number of hydrogen-bond donors (Lipinski definition) is 1. The van der Waals surface area contributed by atoms with Gasteiger partial charge in [0.15, 0.2) is 0 Å². The molecule has 1 atom stereocenters. The van der Waals surface area contributed by atoms with Crippen molar-refractivity contribution in [2.45, 2.75) is 13.0 Å². The van der Waals surface area contributed by atoms with Gasteiger partial charge < -0.3 is 24.4 Å². The van der Waals surface area contributed by atoms with Crippen LogP contribution in [0.3, 0.4) is 0 Å². The van der Waals surface area contributed by atoms with Crippen LogP contribution >= 0.6 is 0 Å². The zero-order valence-electron chi connectivity index (χ0n) is 20.7. The van der Waals surface area contributed by atoms with Crippen LogP contribution in [0.5, 0.6) is 17.2 Å². The van der Waals surface area contributed by atoms with E-state index < -0.39 is 17.7 Å². The molecule has 3 aromatic rings. The lowest BCUT2D eigenvalue weighted by Gasteiger charge is -2.27. The van der Waals surface area contributed by atoms with Crippen LogP contribution in [0.1, 0.15) is 24.1 Å². The van der Waals surface area contributed by atoms with Crippen molar-refractivity contribution in [3.05, 3.63) is 95.6 Å². The number of benzene rings is 3. The molecule has 36 heavy (non-hydrogen) atoms. The number of amides is 1. The Morgan fingerprint density at radius 1 is 0.917 bits per heavy atom. The van der Waals surface area contributed by atoms with Crippen LogP contribution in [0.2, 0.25) is 0 Å². The fourth-order valence-corrected chi connectivity index (χ4v) is 4.19. The highest BCUT2D eigenvalue weighted by molar-refractivity contribution is 6.46. The molecular formula is C29H30N2O5. The van der Waals surface area contributed by atoms with E-state index in [9.17, 15) is 14.7 Å². The van der Waals surface area contributed by atoms with Gasteiger partial charge in [-0.05, 0) is 63.0 Å². The summed E-state index contributed by atoms with van der Waals surface area (Å²) in [4.78, 5) is 29.9. The number of hydrogen-bond acceptors (Lipinski definition) is 6. The van der Waals surface area contributed by atoms with Crippen molar-refractivity contribution >= 4 is 17.4 Å². The summed E-state index contributed by atoms with van der Waals surface area (Å²) >= 11 is 0. The molecule has 1 unspecified atom stereocenters. The van der Waals surface area contributed by atoms with Gasteiger partial charge in [-0.25, -0.2) is 0 Å². The summed E-state index contributed by atoms with van der Waals surface area (Å²) in [5.41, 5.74) is 1.13. The first-order valence-electron chi connectivity index (χ1n) is 11.9. The van der Waals surface area contributed by atoms with E-state index in [4.69, 9.17) is 9.47 Å². The van der Waals surface area contributed by atoms with Gasteiger partial charge in [0.25, 0.3) is 11.7 Å². The smallest absolute Gasteiger partial charge is 0.295 e. The molecule has 0 spiro atoms. The molecule has 0 aliphatic carbocycles. The Labute approximate surface area is 211 Å². The minimum absolute atomic E-state index is 0.0456. The van der Waals surface area contributed by atoms with Crippen molar-refractivity contribution in [1.29, 1.82) is 0 Å². The Morgan fingerprint density at radius 3 is 2.33 bits per heavy atom. The molecule has 4 rings (SSSR count). The number of likely N-dealkylation sites (N-methyl/N-ethyl adjacent to an activating group) is 1. The highest BCUT2D eigenvalue weighted by Crippen LogP contribution is 2.40. The van der Waals surface area contributed by atoms with Crippen LogP contribution in [0.15, 0.2) is 84.4 Å². The van der Waals surface area contributed by atoms with E-state index >= 15 is 0 Å². The highest BCUT2D eigenvalue weighted by atomic mass is 16.5. The second kappa shape index (κ2) is 11.1. The number of rotatable bonds is 9. The number of aliphatic hydroxyl groups is 1. The summed E-state index contributed by atoms with van der Waals surface area (Å²) in [6.45, 7) is 3.21. The maximum absolute atomic E-state index is 13.3. The third kappa shape index (κ3) is 5.42. The molecule has 3 aromatic carbocycles. The molecule has 0 saturated carbocycles. The summed E-state index contributed by atoms with van der Waals surface area (Å²) in [5, 5.41) is 11.3. The second-order valence-corrected chi connectivity index (χ2v) is 8.74. The Kier molecular flexibility index (Phi) is 7.71. The molecule has 0 radical (unpaired) electrons. The number of ketones is 1. The van der Waals surface area contributed by atoms with Crippen LogP contribution in [-0.4, -0.2) is 60.4 Å². The first-order valence-corrected chi connectivity index (χ1v) is 11.9. The van der Waals surface area contributed by atoms with Crippen LogP contribution in [0.4, 0.5) is 0 Å². The zero-order valence-corrected chi connectivity index (χ0v) is 20.7. The molecule has 7 heteroatoms. The average Bonchev–Trinajstić information content (AvgIpc) is 3.13. The first-order chi connectivity index (χ1) is 17.4. The van der Waals surface area contributed by atoms with E-state index in [0.29, 0.717) is 48.1 Å². The largest absolute Gasteiger partial charge is 0.507 e. The third-order valence-corrected chi connectivity index (χ3v) is 5.90. The molecule has 1 amide bonds. The summed E-state index contributed by atoms with van der Waals surface area (Å²) in [7, 11) is 3.80. The van der Waals surface area contributed by atoms with Gasteiger partial charge in [0, 0.05) is 18.7 Å². The van der Waals surface area contributed by atoms with Gasteiger partial charge in [0.1, 0.15) is 23.0 Å². The van der Waals surface area contributed by atoms with Crippen molar-refractivity contribution in [3.8, 4) is 17.2 Å². The van der Waals surface area contributed by atoms with Crippen molar-refractivity contribution in [2.24, 2.45) is 0 Å². The minimum Gasteiger partial charge on any atom is -0.507 e. The van der Waals surface area contributed by atoms with E-state index in [0.717, 1.165) is 0 Å². The predicted molar refractivity (Wildman–Crippen MR) is 138 cm³/mol. The molecule has 1 N–H and O–H groups in total. The van der Waals surface area contributed by atoms with Gasteiger partial charge in [0.2, 0.25) is 0 Å². The number of para-hydroxylation sites is 1. The Hall–Kier alpha value is -4.10. The summed E-state index contributed by atoms with van der Waals surface area (Å²) in [6.07, 6.45) is 0. The van der Waals surface area contributed by atoms with Gasteiger partial charge in [-0.1, -0.05) is 42.5 Å². The first kappa shape index (κ1) is 25.0. The van der Waals surface area contributed by atoms with Crippen LogP contribution < -0.4 is 9.47 Å². The number of nitrogens with zero attached hydrogens (tertiary/aromatic N) is 2. The number of carbonyl (C=O) groups excluding carboxylic acids is 2. The van der Waals surface area contributed by atoms with E-state index in [1.165, 1.54) is 4.90 Å². The maximum atomic E-state index is 13.3. The summed E-state index contributed by atoms with van der Waals surface area (Å²) in [6, 6.07) is 22.7. The molecule has 1 fully saturated rings. The quantitative estimate of drug-likeness (QED) is 0.264. The van der Waals surface area contributed by atoms with Crippen LogP contribution in [-0.2, 0) is 9.59 Å². The number of ether oxygens (including phenoxy) is 2. The summed E-state index contributed by atoms with van der Waals surface area (Å²) in [5.74, 6) is 0.213. The van der Waals surface area contributed by atoms with Crippen molar-refractivity contribution < 1.29 is 24.2 Å². The molecule has 1 aliphatic rings. The van der Waals surface area contributed by atoms with Crippen molar-refractivity contribution in [1.82, 2.24) is 9.80 Å². The average molecular weight is 487 g/mol. The fraction of sp³-hybridized carbons (Fsp3) is 0.241. The zero-order chi connectivity index (χ0) is 25.7. The molecule has 0 bridgehead atoms.